The van der Waals surface area contributed by atoms with Gasteiger partial charge in [0.2, 0.25) is 0 Å². The maximum Gasteiger partial charge on any atom is 0.252 e. The molecular formula is C40H43FN2O5Si. The van der Waals surface area contributed by atoms with Gasteiger partial charge >= 0.3 is 0 Å². The summed E-state index contributed by atoms with van der Waals surface area (Å²) in [6.45, 7) is 11.7. The molecular weight excluding hydrogens is 636 g/mol. The maximum atomic E-state index is 13.7. The summed E-state index contributed by atoms with van der Waals surface area (Å²) in [6.07, 6.45) is 2.01. The predicted octanol–water partition coefficient (Wildman–Crippen LogP) is 8.75. The number of hydrogen-bond acceptors (Lipinski definition) is 5. The van der Waals surface area contributed by atoms with Gasteiger partial charge in [-0.25, -0.2) is 4.39 Å². The molecule has 7 nitrogen and oxygen atoms in total. The van der Waals surface area contributed by atoms with Crippen molar-refractivity contribution in [2.45, 2.75) is 63.7 Å². The Kier molecular flexibility index (Phi) is 9.26. The van der Waals surface area contributed by atoms with Crippen LogP contribution in [0.4, 0.5) is 4.39 Å². The summed E-state index contributed by atoms with van der Waals surface area (Å²) in [4.78, 5) is 26.5. The van der Waals surface area contributed by atoms with Crippen molar-refractivity contribution in [3.05, 3.63) is 125 Å². The van der Waals surface area contributed by atoms with Gasteiger partial charge in [0.1, 0.15) is 29.5 Å². The number of primary amides is 1. The lowest BCUT2D eigenvalue weighted by Crippen LogP contribution is -2.41. The normalized spacial score (nSPS) is 14.1. The molecule has 1 saturated carbocycles. The second-order valence-corrected chi connectivity index (χ2v) is 19.2. The van der Waals surface area contributed by atoms with Crippen LogP contribution in [0, 0.1) is 5.82 Å². The maximum absolute atomic E-state index is 13.7. The Bertz CT molecular complexity index is 1990. The monoisotopic (exact) mass is 678 g/mol. The highest BCUT2D eigenvalue weighted by atomic mass is 28.4. The Hall–Kier alpha value is -4.73. The van der Waals surface area contributed by atoms with E-state index in [-0.39, 0.29) is 34.3 Å². The van der Waals surface area contributed by atoms with Crippen LogP contribution in [-0.2, 0) is 16.4 Å². The zero-order valence-corrected chi connectivity index (χ0v) is 29.7. The quantitative estimate of drug-likeness (QED) is 0.101. The number of carbonyl (C=O) groups excluding carboxylic acids is 2. The zero-order chi connectivity index (χ0) is 35.0. The highest BCUT2D eigenvalue weighted by Crippen LogP contribution is 2.46. The van der Waals surface area contributed by atoms with Crippen molar-refractivity contribution in [3.63, 3.8) is 0 Å². The molecule has 0 aliphatic heterocycles. The van der Waals surface area contributed by atoms with Crippen molar-refractivity contribution in [1.82, 2.24) is 5.32 Å². The van der Waals surface area contributed by atoms with Crippen LogP contribution < -0.4 is 15.8 Å². The minimum Gasteiger partial charge on any atom is -0.491 e. The molecule has 0 bridgehead atoms. The van der Waals surface area contributed by atoms with Gasteiger partial charge in [0, 0.05) is 22.9 Å². The molecule has 6 rings (SSSR count). The number of benzene rings is 4. The Labute approximate surface area is 287 Å². The first-order valence-corrected chi connectivity index (χ1v) is 19.6. The number of nitrogens with one attached hydrogen (secondary N) is 1. The van der Waals surface area contributed by atoms with Gasteiger partial charge in [0.05, 0.1) is 17.7 Å². The summed E-state index contributed by atoms with van der Waals surface area (Å²) in [7, 11) is -1.97. The third-order valence-electron chi connectivity index (χ3n) is 9.88. The number of rotatable bonds is 12. The minimum atomic E-state index is -1.97. The van der Waals surface area contributed by atoms with E-state index in [9.17, 15) is 14.0 Å². The van der Waals surface area contributed by atoms with Gasteiger partial charge < -0.3 is 24.6 Å². The zero-order valence-electron chi connectivity index (χ0n) is 28.7. The van der Waals surface area contributed by atoms with Gasteiger partial charge in [-0.1, -0.05) is 69.3 Å². The molecule has 254 valence electrons. The second kappa shape index (κ2) is 13.3. The van der Waals surface area contributed by atoms with Crippen LogP contribution in [0.3, 0.4) is 0 Å². The van der Waals surface area contributed by atoms with Crippen molar-refractivity contribution >= 4 is 31.1 Å². The first kappa shape index (κ1) is 34.1. The van der Waals surface area contributed by atoms with Crippen LogP contribution in [0.15, 0.2) is 95.4 Å². The van der Waals surface area contributed by atoms with Crippen molar-refractivity contribution < 1.29 is 27.6 Å². The molecule has 0 saturated heterocycles. The summed E-state index contributed by atoms with van der Waals surface area (Å²) in [5, 5.41) is 3.89. The van der Waals surface area contributed by atoms with E-state index in [2.05, 4.69) is 39.2 Å². The Balaban J connectivity index is 1.34. The van der Waals surface area contributed by atoms with Crippen LogP contribution in [0.2, 0.25) is 18.1 Å². The molecule has 1 aliphatic rings. The van der Waals surface area contributed by atoms with Gasteiger partial charge in [-0.3, -0.25) is 9.59 Å². The Morgan fingerprint density at radius 2 is 1.65 bits per heavy atom. The lowest BCUT2D eigenvalue weighted by atomic mass is 9.97. The highest BCUT2D eigenvalue weighted by molar-refractivity contribution is 6.74. The summed E-state index contributed by atoms with van der Waals surface area (Å²) in [5.74, 6) is -0.180. The van der Waals surface area contributed by atoms with Gasteiger partial charge in [-0.2, -0.15) is 0 Å². The Morgan fingerprint density at radius 3 is 2.31 bits per heavy atom. The molecule has 0 radical (unpaired) electrons. The van der Waals surface area contributed by atoms with Crippen LogP contribution in [0.1, 0.15) is 71.2 Å². The van der Waals surface area contributed by atoms with Crippen LogP contribution in [-0.4, -0.2) is 33.3 Å². The lowest BCUT2D eigenvalue weighted by molar-refractivity contribution is 0.0929. The number of halogens is 1. The van der Waals surface area contributed by atoms with E-state index in [0.717, 1.165) is 29.5 Å². The van der Waals surface area contributed by atoms with Crippen molar-refractivity contribution in [1.29, 1.82) is 0 Å². The molecule has 1 aromatic heterocycles. The Morgan fingerprint density at radius 1 is 0.939 bits per heavy atom. The predicted molar refractivity (Wildman–Crippen MR) is 193 cm³/mol. The van der Waals surface area contributed by atoms with Crippen LogP contribution >= 0.6 is 0 Å². The van der Waals surface area contributed by atoms with Crippen molar-refractivity contribution in [3.8, 4) is 16.9 Å². The molecule has 0 unspecified atom stereocenters. The number of amides is 2. The summed E-state index contributed by atoms with van der Waals surface area (Å²) in [6, 6.07) is 27.0. The third-order valence-corrected chi connectivity index (χ3v) is 14.4. The van der Waals surface area contributed by atoms with E-state index in [0.29, 0.717) is 46.8 Å². The number of ether oxygens (including phenoxy) is 1. The third kappa shape index (κ3) is 7.33. The van der Waals surface area contributed by atoms with E-state index < -0.39 is 14.2 Å². The molecule has 5 aromatic rings. The minimum absolute atomic E-state index is 0.0690. The summed E-state index contributed by atoms with van der Waals surface area (Å²) in [5.41, 5.74) is 10.0. The fourth-order valence-corrected chi connectivity index (χ4v) is 6.87. The smallest absolute Gasteiger partial charge is 0.252 e. The molecule has 0 spiro atoms. The van der Waals surface area contributed by atoms with Crippen LogP contribution in [0.25, 0.3) is 22.1 Å². The van der Waals surface area contributed by atoms with E-state index in [1.54, 1.807) is 24.3 Å². The van der Waals surface area contributed by atoms with E-state index in [4.69, 9.17) is 19.3 Å². The van der Waals surface area contributed by atoms with Gasteiger partial charge in [0.15, 0.2) is 8.32 Å². The average molecular weight is 679 g/mol. The standard InChI is InChI=1S/C40H43FN2O5Si/c1-39(2,3)49(4,5)47-22-21-46-33-17-14-28(38(45)43-40(19-20-40)29-9-7-6-8-10-29)25-31(33)27-13-18-34-32(24-27)36(37(42)44)35(48-34)23-26-11-15-30(41)16-12-26/h6-18,24-25H,19-23H2,1-5H3,(H2,42,44)(H,43,45). The largest absolute Gasteiger partial charge is 0.491 e. The second-order valence-electron chi connectivity index (χ2n) is 14.3. The first-order valence-electron chi connectivity index (χ1n) is 16.7. The molecule has 49 heavy (non-hydrogen) atoms. The number of hydrogen-bond donors (Lipinski definition) is 2. The van der Waals surface area contributed by atoms with Gasteiger partial charge in [-0.15, -0.1) is 0 Å². The fourth-order valence-electron chi connectivity index (χ4n) is 5.84. The molecule has 4 aromatic carbocycles. The topological polar surface area (TPSA) is 104 Å². The number of nitrogens with two attached hydrogens (primary N) is 1. The molecule has 0 atom stereocenters. The fraction of sp³-hybridized carbons (Fsp3) is 0.300. The highest BCUT2D eigenvalue weighted by Gasteiger charge is 2.45. The molecule has 1 fully saturated rings. The molecule has 9 heteroatoms. The van der Waals surface area contributed by atoms with Crippen LogP contribution in [0.5, 0.6) is 5.75 Å². The molecule has 2 amide bonds. The van der Waals surface area contributed by atoms with Gasteiger partial charge in [-0.05, 0) is 90.1 Å². The first-order chi connectivity index (χ1) is 23.3. The van der Waals surface area contributed by atoms with Crippen molar-refractivity contribution in [2.75, 3.05) is 13.2 Å². The van der Waals surface area contributed by atoms with Gasteiger partial charge in [0.25, 0.3) is 11.8 Å². The number of fused-ring (bicyclic) bond motifs is 1. The molecule has 1 aliphatic carbocycles. The van der Waals surface area contributed by atoms with E-state index in [1.807, 2.05) is 54.6 Å². The molecule has 1 heterocycles. The SMILES string of the molecule is CC(C)(C)[Si](C)(C)OCCOc1ccc(C(=O)NC2(c3ccccc3)CC2)cc1-c1ccc2oc(Cc3ccc(F)cc3)c(C(N)=O)c2c1. The lowest BCUT2D eigenvalue weighted by Gasteiger charge is -2.36. The van der Waals surface area contributed by atoms with E-state index in [1.165, 1.54) is 12.1 Å². The number of furan rings is 1. The average Bonchev–Trinajstić information content (AvgIpc) is 3.76. The number of carbonyl (C=O) groups is 2. The summed E-state index contributed by atoms with van der Waals surface area (Å²) >= 11 is 0. The summed E-state index contributed by atoms with van der Waals surface area (Å²) < 4.78 is 32.3. The van der Waals surface area contributed by atoms with E-state index >= 15 is 0 Å². The molecule has 3 N–H and O–H groups in total. The van der Waals surface area contributed by atoms with Crippen molar-refractivity contribution in [2.24, 2.45) is 5.73 Å².